The minimum atomic E-state index is -3.68. The predicted octanol–water partition coefficient (Wildman–Crippen LogP) is 3.38. The second-order valence-corrected chi connectivity index (χ2v) is 8.94. The maximum Gasteiger partial charge on any atom is 0.243 e. The Kier molecular flexibility index (Phi) is 4.78. The first kappa shape index (κ1) is 18.8. The summed E-state index contributed by atoms with van der Waals surface area (Å²) in [6.07, 6.45) is 0. The number of carbonyl (C=O) groups is 1. The largest absolute Gasteiger partial charge is 0.339 e. The SMILES string of the molecule is CC(=O)c1cccc(S(=O)(=O)N2CC(c3nc(-c4cccc(Cl)c4)no3)C2)c1. The molecule has 1 aliphatic heterocycles. The van der Waals surface area contributed by atoms with Crippen LogP contribution in [0.25, 0.3) is 11.4 Å². The van der Waals surface area contributed by atoms with E-state index in [1.807, 2.05) is 6.07 Å². The van der Waals surface area contributed by atoms with E-state index < -0.39 is 10.0 Å². The Hall–Kier alpha value is -2.55. The molecule has 1 aliphatic rings. The molecule has 0 amide bonds. The Morgan fingerprint density at radius 2 is 1.93 bits per heavy atom. The predicted molar refractivity (Wildman–Crippen MR) is 103 cm³/mol. The molecule has 0 unspecified atom stereocenters. The molecule has 1 fully saturated rings. The first-order chi connectivity index (χ1) is 13.3. The standard InChI is InChI=1S/C19H16ClN3O4S/c1-12(24)13-4-3-7-17(9-13)28(25,26)23-10-15(11-23)19-21-18(22-27-19)14-5-2-6-16(20)8-14/h2-9,15H,10-11H2,1H3. The molecule has 1 saturated heterocycles. The van der Waals surface area contributed by atoms with Gasteiger partial charge in [0.1, 0.15) is 0 Å². The fourth-order valence-corrected chi connectivity index (χ4v) is 4.73. The molecule has 28 heavy (non-hydrogen) atoms. The minimum absolute atomic E-state index is 0.101. The molecule has 0 atom stereocenters. The molecule has 2 aromatic carbocycles. The molecule has 9 heteroatoms. The molecule has 1 aromatic heterocycles. The highest BCUT2D eigenvalue weighted by Gasteiger charge is 2.40. The number of hydrogen-bond donors (Lipinski definition) is 0. The van der Waals surface area contributed by atoms with Crippen molar-refractivity contribution in [2.45, 2.75) is 17.7 Å². The van der Waals surface area contributed by atoms with Gasteiger partial charge < -0.3 is 4.52 Å². The van der Waals surface area contributed by atoms with Crippen LogP contribution in [0.1, 0.15) is 29.1 Å². The highest BCUT2D eigenvalue weighted by Crippen LogP contribution is 2.32. The summed E-state index contributed by atoms with van der Waals surface area (Å²) < 4.78 is 32.2. The fourth-order valence-electron chi connectivity index (χ4n) is 2.96. The van der Waals surface area contributed by atoms with Gasteiger partial charge in [-0.1, -0.05) is 41.0 Å². The lowest BCUT2D eigenvalue weighted by Crippen LogP contribution is -2.48. The van der Waals surface area contributed by atoms with Crippen molar-refractivity contribution in [2.75, 3.05) is 13.1 Å². The van der Waals surface area contributed by atoms with E-state index in [9.17, 15) is 13.2 Å². The van der Waals surface area contributed by atoms with Crippen LogP contribution in [0.15, 0.2) is 57.9 Å². The molecule has 4 rings (SSSR count). The highest BCUT2D eigenvalue weighted by atomic mass is 35.5. The van der Waals surface area contributed by atoms with Crippen LogP contribution in [0.4, 0.5) is 0 Å². The van der Waals surface area contributed by atoms with Crippen molar-refractivity contribution < 1.29 is 17.7 Å². The van der Waals surface area contributed by atoms with Crippen molar-refractivity contribution in [1.29, 1.82) is 0 Å². The Bertz CT molecular complexity index is 1150. The van der Waals surface area contributed by atoms with E-state index >= 15 is 0 Å². The summed E-state index contributed by atoms with van der Waals surface area (Å²) in [6, 6.07) is 13.1. The van der Waals surface area contributed by atoms with E-state index in [0.717, 1.165) is 5.56 Å². The third-order valence-electron chi connectivity index (χ3n) is 4.60. The molecule has 0 radical (unpaired) electrons. The molecule has 144 valence electrons. The van der Waals surface area contributed by atoms with Crippen LogP contribution in [0.2, 0.25) is 5.02 Å². The van der Waals surface area contributed by atoms with Crippen LogP contribution in [-0.4, -0.2) is 41.7 Å². The minimum Gasteiger partial charge on any atom is -0.339 e. The van der Waals surface area contributed by atoms with Gasteiger partial charge in [-0.25, -0.2) is 8.42 Å². The van der Waals surface area contributed by atoms with Crippen LogP contribution in [0.5, 0.6) is 0 Å². The lowest BCUT2D eigenvalue weighted by Gasteiger charge is -2.35. The number of rotatable bonds is 5. The normalized spacial score (nSPS) is 15.4. The monoisotopic (exact) mass is 417 g/mol. The second-order valence-electron chi connectivity index (χ2n) is 6.57. The van der Waals surface area contributed by atoms with Crippen molar-refractivity contribution in [3.63, 3.8) is 0 Å². The Morgan fingerprint density at radius 1 is 1.18 bits per heavy atom. The van der Waals surface area contributed by atoms with Crippen molar-refractivity contribution in [3.05, 3.63) is 65.0 Å². The molecular weight excluding hydrogens is 402 g/mol. The van der Waals surface area contributed by atoms with Crippen LogP contribution in [0.3, 0.4) is 0 Å². The van der Waals surface area contributed by atoms with E-state index in [1.54, 1.807) is 30.3 Å². The molecule has 0 spiro atoms. The molecule has 7 nitrogen and oxygen atoms in total. The second kappa shape index (κ2) is 7.12. The number of nitrogens with zero attached hydrogens (tertiary/aromatic N) is 3. The molecule has 0 saturated carbocycles. The number of sulfonamides is 1. The number of benzene rings is 2. The Balaban J connectivity index is 1.49. The zero-order valence-corrected chi connectivity index (χ0v) is 16.4. The van der Waals surface area contributed by atoms with Gasteiger partial charge in [-0.3, -0.25) is 4.79 Å². The number of Topliss-reactive ketones (excluding diaryl/α,β-unsaturated/α-hetero) is 1. The summed E-state index contributed by atoms with van der Waals surface area (Å²) in [5.41, 5.74) is 1.09. The lowest BCUT2D eigenvalue weighted by molar-refractivity contribution is 0.101. The van der Waals surface area contributed by atoms with Crippen LogP contribution in [0, 0.1) is 0 Å². The summed E-state index contributed by atoms with van der Waals surface area (Å²) in [5.74, 6) is 0.441. The van der Waals surface area contributed by atoms with Gasteiger partial charge in [-0.05, 0) is 31.2 Å². The third-order valence-corrected chi connectivity index (χ3v) is 6.66. The van der Waals surface area contributed by atoms with E-state index in [0.29, 0.717) is 22.3 Å². The summed E-state index contributed by atoms with van der Waals surface area (Å²) in [7, 11) is -3.68. The van der Waals surface area contributed by atoms with Crippen molar-refractivity contribution >= 4 is 27.4 Å². The van der Waals surface area contributed by atoms with Crippen LogP contribution < -0.4 is 0 Å². The van der Waals surface area contributed by atoms with Crippen molar-refractivity contribution in [3.8, 4) is 11.4 Å². The Labute approximate surface area is 167 Å². The lowest BCUT2D eigenvalue weighted by atomic mass is 10.0. The number of halogens is 1. The number of carbonyl (C=O) groups excluding carboxylic acids is 1. The smallest absolute Gasteiger partial charge is 0.243 e. The average molecular weight is 418 g/mol. The summed E-state index contributed by atoms with van der Waals surface area (Å²) >= 11 is 5.98. The van der Waals surface area contributed by atoms with Crippen LogP contribution >= 0.6 is 11.6 Å². The van der Waals surface area contributed by atoms with Gasteiger partial charge in [0.2, 0.25) is 21.7 Å². The quantitative estimate of drug-likeness (QED) is 0.591. The number of ketones is 1. The van der Waals surface area contributed by atoms with E-state index in [1.165, 1.54) is 23.4 Å². The van der Waals surface area contributed by atoms with Gasteiger partial charge in [0.25, 0.3) is 0 Å². The first-order valence-corrected chi connectivity index (χ1v) is 10.4. The topological polar surface area (TPSA) is 93.4 Å². The molecule has 2 heterocycles. The maximum atomic E-state index is 12.8. The average Bonchev–Trinajstić information content (AvgIpc) is 3.10. The van der Waals surface area contributed by atoms with Gasteiger partial charge in [0.05, 0.1) is 10.8 Å². The molecule has 0 aliphatic carbocycles. The van der Waals surface area contributed by atoms with Crippen LogP contribution in [-0.2, 0) is 10.0 Å². The fraction of sp³-hybridized carbons (Fsp3) is 0.211. The first-order valence-electron chi connectivity index (χ1n) is 8.55. The molecule has 0 N–H and O–H groups in total. The zero-order valence-electron chi connectivity index (χ0n) is 14.9. The van der Waals surface area contributed by atoms with Crippen molar-refractivity contribution in [2.24, 2.45) is 0 Å². The highest BCUT2D eigenvalue weighted by molar-refractivity contribution is 7.89. The number of hydrogen-bond acceptors (Lipinski definition) is 6. The Morgan fingerprint density at radius 3 is 2.64 bits per heavy atom. The van der Waals surface area contributed by atoms with E-state index in [2.05, 4.69) is 10.1 Å². The molecule has 3 aromatic rings. The molecule has 0 bridgehead atoms. The van der Waals surface area contributed by atoms with E-state index in [-0.39, 0.29) is 29.7 Å². The number of aromatic nitrogens is 2. The summed E-state index contributed by atoms with van der Waals surface area (Å²) in [4.78, 5) is 16.0. The van der Waals surface area contributed by atoms with Gasteiger partial charge >= 0.3 is 0 Å². The van der Waals surface area contributed by atoms with Gasteiger partial charge in [-0.15, -0.1) is 0 Å². The summed E-state index contributed by atoms with van der Waals surface area (Å²) in [5, 5.41) is 4.52. The zero-order chi connectivity index (χ0) is 19.9. The molecular formula is C19H16ClN3O4S. The van der Waals surface area contributed by atoms with Gasteiger partial charge in [0.15, 0.2) is 5.78 Å². The third kappa shape index (κ3) is 3.46. The van der Waals surface area contributed by atoms with E-state index in [4.69, 9.17) is 16.1 Å². The summed E-state index contributed by atoms with van der Waals surface area (Å²) in [6.45, 7) is 1.88. The van der Waals surface area contributed by atoms with Crippen molar-refractivity contribution in [1.82, 2.24) is 14.4 Å². The maximum absolute atomic E-state index is 12.8. The van der Waals surface area contributed by atoms with Gasteiger partial charge in [-0.2, -0.15) is 9.29 Å². The van der Waals surface area contributed by atoms with Gasteiger partial charge in [0, 0.05) is 29.2 Å².